The topological polar surface area (TPSA) is 52.8 Å². The van der Waals surface area contributed by atoms with Gasteiger partial charge in [0, 0.05) is 12.6 Å². The van der Waals surface area contributed by atoms with Gasteiger partial charge in [-0.15, -0.1) is 11.3 Å². The quantitative estimate of drug-likeness (QED) is 0.679. The first-order valence-corrected chi connectivity index (χ1v) is 9.18. The van der Waals surface area contributed by atoms with Crippen LogP contribution in [-0.2, 0) is 6.54 Å². The molecule has 0 fully saturated rings. The third-order valence-corrected chi connectivity index (χ3v) is 5.71. The number of nitrogens with zero attached hydrogens (tertiary/aromatic N) is 2. The third kappa shape index (κ3) is 3.07. The van der Waals surface area contributed by atoms with Crippen molar-refractivity contribution in [2.24, 2.45) is 4.99 Å². The van der Waals surface area contributed by atoms with Crippen LogP contribution in [0, 0.1) is 0 Å². The number of benzene rings is 1. The average molecular weight is 383 g/mol. The number of carbonyl (C=O) groups is 1. The van der Waals surface area contributed by atoms with Crippen LogP contribution in [0.3, 0.4) is 0 Å². The van der Waals surface area contributed by atoms with Gasteiger partial charge in [0.1, 0.15) is 17.0 Å². The monoisotopic (exact) mass is 382 g/mol. The molecule has 2 aromatic heterocycles. The highest BCUT2D eigenvalue weighted by Gasteiger charge is 2.14. The zero-order chi connectivity index (χ0) is 17.3. The smallest absolute Gasteiger partial charge is 0.289 e. The lowest BCUT2D eigenvalue weighted by atomic mass is 10.3. The first-order chi connectivity index (χ1) is 11.6. The highest BCUT2D eigenvalue weighted by atomic mass is 35.5. The molecule has 0 saturated heterocycles. The Morgan fingerprint density at radius 2 is 2.04 bits per heavy atom. The zero-order valence-corrected chi connectivity index (χ0v) is 15.7. The van der Waals surface area contributed by atoms with E-state index in [4.69, 9.17) is 21.1 Å². The molecule has 5 nitrogen and oxygen atoms in total. The van der Waals surface area contributed by atoms with Crippen LogP contribution in [0.2, 0.25) is 4.34 Å². The molecule has 0 spiro atoms. The van der Waals surface area contributed by atoms with E-state index in [9.17, 15) is 4.79 Å². The molecule has 0 aliphatic carbocycles. The van der Waals surface area contributed by atoms with Gasteiger partial charge in [-0.2, -0.15) is 4.99 Å². The molecule has 3 rings (SSSR count). The molecule has 1 aromatic carbocycles. The fourth-order valence-corrected chi connectivity index (χ4v) is 4.44. The van der Waals surface area contributed by atoms with Crippen molar-refractivity contribution in [2.75, 3.05) is 14.2 Å². The molecular weight excluding hydrogens is 368 g/mol. The molecule has 0 aliphatic heterocycles. The second-order valence-corrected chi connectivity index (χ2v) is 7.55. The van der Waals surface area contributed by atoms with E-state index in [0.717, 1.165) is 10.2 Å². The number of amides is 1. The summed E-state index contributed by atoms with van der Waals surface area (Å²) in [6, 6.07) is 7.12. The SMILES string of the molecule is CCn1c(=NC(=O)c2ccc(Cl)s2)sc2cc(OC)cc(OC)c21. The predicted octanol–water partition coefficient (Wildman–Crippen LogP) is 4.20. The van der Waals surface area contributed by atoms with E-state index in [-0.39, 0.29) is 5.91 Å². The molecule has 0 aliphatic rings. The lowest BCUT2D eigenvalue weighted by Gasteiger charge is -2.08. The second kappa shape index (κ2) is 6.96. The van der Waals surface area contributed by atoms with Gasteiger partial charge in [0.05, 0.1) is 28.1 Å². The third-order valence-electron chi connectivity index (χ3n) is 3.47. The van der Waals surface area contributed by atoms with Gasteiger partial charge in [-0.05, 0) is 25.1 Å². The van der Waals surface area contributed by atoms with E-state index >= 15 is 0 Å². The number of aromatic nitrogens is 1. The van der Waals surface area contributed by atoms with Crippen LogP contribution in [0.5, 0.6) is 11.5 Å². The number of carbonyl (C=O) groups excluding carboxylic acids is 1. The summed E-state index contributed by atoms with van der Waals surface area (Å²) in [4.78, 5) is 17.8. The summed E-state index contributed by atoms with van der Waals surface area (Å²) in [6.45, 7) is 2.67. The summed E-state index contributed by atoms with van der Waals surface area (Å²) >= 11 is 8.54. The molecule has 3 aromatic rings. The Morgan fingerprint density at radius 3 is 2.62 bits per heavy atom. The molecule has 1 amide bonds. The molecule has 0 atom stereocenters. The maximum atomic E-state index is 12.4. The van der Waals surface area contributed by atoms with Gasteiger partial charge in [0.25, 0.3) is 5.91 Å². The van der Waals surface area contributed by atoms with Crippen molar-refractivity contribution < 1.29 is 14.3 Å². The molecule has 0 unspecified atom stereocenters. The van der Waals surface area contributed by atoms with Crippen LogP contribution in [0.4, 0.5) is 0 Å². The van der Waals surface area contributed by atoms with Crippen molar-refractivity contribution in [1.29, 1.82) is 0 Å². The molecule has 0 bridgehead atoms. The number of halogens is 1. The minimum atomic E-state index is -0.299. The minimum Gasteiger partial charge on any atom is -0.497 e. The Bertz CT molecular complexity index is 972. The van der Waals surface area contributed by atoms with E-state index in [1.807, 2.05) is 23.6 Å². The number of rotatable bonds is 4. The second-order valence-electron chi connectivity index (χ2n) is 4.83. The van der Waals surface area contributed by atoms with Crippen LogP contribution in [0.1, 0.15) is 16.6 Å². The highest BCUT2D eigenvalue weighted by Crippen LogP contribution is 2.32. The minimum absolute atomic E-state index is 0.299. The molecule has 2 heterocycles. The summed E-state index contributed by atoms with van der Waals surface area (Å²) in [5, 5.41) is 0. The predicted molar refractivity (Wildman–Crippen MR) is 97.8 cm³/mol. The number of ether oxygens (including phenoxy) is 2. The summed E-state index contributed by atoms with van der Waals surface area (Å²) in [6.07, 6.45) is 0. The van der Waals surface area contributed by atoms with Crippen LogP contribution in [0.25, 0.3) is 10.2 Å². The summed E-state index contributed by atoms with van der Waals surface area (Å²) < 4.78 is 14.3. The average Bonchev–Trinajstić information content (AvgIpc) is 3.16. The van der Waals surface area contributed by atoms with Gasteiger partial charge < -0.3 is 14.0 Å². The van der Waals surface area contributed by atoms with Crippen LogP contribution < -0.4 is 14.3 Å². The molecule has 0 saturated carbocycles. The van der Waals surface area contributed by atoms with Crippen molar-refractivity contribution >= 4 is 50.4 Å². The molecule has 0 N–H and O–H groups in total. The standard InChI is InChI=1S/C16H15ClN2O3S2/c1-4-19-14-10(22-3)7-9(21-2)8-12(14)24-16(19)18-15(20)11-5-6-13(17)23-11/h5-8H,4H2,1-3H3. The Hall–Kier alpha value is -1.83. The Balaban J connectivity index is 2.21. The maximum Gasteiger partial charge on any atom is 0.289 e. The van der Waals surface area contributed by atoms with E-state index in [2.05, 4.69) is 4.99 Å². The molecular formula is C16H15ClN2O3S2. The van der Waals surface area contributed by atoms with Gasteiger partial charge in [-0.1, -0.05) is 22.9 Å². The first-order valence-electron chi connectivity index (χ1n) is 7.17. The summed E-state index contributed by atoms with van der Waals surface area (Å²) in [5.41, 5.74) is 0.904. The molecule has 24 heavy (non-hydrogen) atoms. The van der Waals surface area contributed by atoms with E-state index < -0.39 is 0 Å². The largest absolute Gasteiger partial charge is 0.497 e. The van der Waals surface area contributed by atoms with Crippen LogP contribution in [0.15, 0.2) is 29.3 Å². The lowest BCUT2D eigenvalue weighted by molar-refractivity contribution is 0.100. The Kier molecular flexibility index (Phi) is 4.93. The van der Waals surface area contributed by atoms with E-state index in [1.165, 1.54) is 22.7 Å². The van der Waals surface area contributed by atoms with Crippen molar-refractivity contribution in [3.05, 3.63) is 38.3 Å². The van der Waals surface area contributed by atoms with Gasteiger partial charge in [-0.25, -0.2) is 0 Å². The first kappa shape index (κ1) is 17.0. The maximum absolute atomic E-state index is 12.4. The zero-order valence-electron chi connectivity index (χ0n) is 13.3. The fourth-order valence-electron chi connectivity index (χ4n) is 2.37. The molecule has 0 radical (unpaired) electrons. The van der Waals surface area contributed by atoms with Gasteiger partial charge >= 0.3 is 0 Å². The summed E-state index contributed by atoms with van der Waals surface area (Å²) in [7, 11) is 3.22. The summed E-state index contributed by atoms with van der Waals surface area (Å²) in [5.74, 6) is 1.09. The van der Waals surface area contributed by atoms with E-state index in [1.54, 1.807) is 26.4 Å². The number of methoxy groups -OCH3 is 2. The van der Waals surface area contributed by atoms with Crippen molar-refractivity contribution in [3.8, 4) is 11.5 Å². The van der Waals surface area contributed by atoms with E-state index in [0.29, 0.717) is 32.1 Å². The Labute approximate surface area is 151 Å². The van der Waals surface area contributed by atoms with Gasteiger partial charge in [0.2, 0.25) is 0 Å². The number of thiazole rings is 1. The van der Waals surface area contributed by atoms with Crippen molar-refractivity contribution in [3.63, 3.8) is 0 Å². The number of hydrogen-bond donors (Lipinski definition) is 0. The van der Waals surface area contributed by atoms with Crippen molar-refractivity contribution in [1.82, 2.24) is 4.57 Å². The fraction of sp³-hybridized carbons (Fsp3) is 0.250. The highest BCUT2D eigenvalue weighted by molar-refractivity contribution is 7.18. The number of fused-ring (bicyclic) bond motifs is 1. The van der Waals surface area contributed by atoms with Crippen molar-refractivity contribution in [2.45, 2.75) is 13.5 Å². The lowest BCUT2D eigenvalue weighted by Crippen LogP contribution is -2.15. The van der Waals surface area contributed by atoms with Gasteiger partial charge in [-0.3, -0.25) is 4.79 Å². The molecule has 8 heteroatoms. The normalized spacial score (nSPS) is 11.9. The number of hydrogen-bond acceptors (Lipinski definition) is 5. The number of aryl methyl sites for hydroxylation is 1. The Morgan fingerprint density at radius 1 is 1.25 bits per heavy atom. The van der Waals surface area contributed by atoms with Gasteiger partial charge in [0.15, 0.2) is 4.80 Å². The molecule has 126 valence electrons. The van der Waals surface area contributed by atoms with Crippen LogP contribution >= 0.6 is 34.3 Å². The number of thiophene rings is 1. The van der Waals surface area contributed by atoms with Crippen LogP contribution in [-0.4, -0.2) is 24.7 Å².